The van der Waals surface area contributed by atoms with Gasteiger partial charge in [0.05, 0.1) is 6.07 Å². The highest BCUT2D eigenvalue weighted by molar-refractivity contribution is 5.55. The van der Waals surface area contributed by atoms with Gasteiger partial charge in [0.1, 0.15) is 6.61 Å². The van der Waals surface area contributed by atoms with E-state index in [4.69, 9.17) is 15.0 Å². The van der Waals surface area contributed by atoms with Gasteiger partial charge in [-0.1, -0.05) is 6.07 Å². The molecule has 0 saturated heterocycles. The lowest BCUT2D eigenvalue weighted by molar-refractivity contribution is -0.194. The van der Waals surface area contributed by atoms with E-state index in [0.717, 1.165) is 16.9 Å². The first kappa shape index (κ1) is 7.84. The molecule has 0 unspecified atom stereocenters. The zero-order chi connectivity index (χ0) is 9.10. The van der Waals surface area contributed by atoms with Crippen LogP contribution in [0.25, 0.3) is 6.08 Å². The van der Waals surface area contributed by atoms with Gasteiger partial charge in [-0.3, -0.25) is 0 Å². The third-order valence-corrected chi connectivity index (χ3v) is 1.80. The molecule has 1 aromatic carbocycles. The summed E-state index contributed by atoms with van der Waals surface area (Å²) in [5.41, 5.74) is 1.99. The van der Waals surface area contributed by atoms with Gasteiger partial charge < -0.3 is 4.89 Å². The van der Waals surface area contributed by atoms with Gasteiger partial charge in [-0.15, -0.1) is 0 Å². The number of nitriles is 1. The van der Waals surface area contributed by atoms with E-state index in [-0.39, 0.29) is 0 Å². The Morgan fingerprint density at radius 3 is 3.23 bits per heavy atom. The molecule has 0 bridgehead atoms. The summed E-state index contributed by atoms with van der Waals surface area (Å²) in [5, 5.41) is 8.33. The minimum absolute atomic E-state index is 0.476. The van der Waals surface area contributed by atoms with Crippen molar-refractivity contribution >= 4 is 6.08 Å². The third-order valence-electron chi connectivity index (χ3n) is 1.80. The maximum atomic E-state index is 8.33. The van der Waals surface area contributed by atoms with Crippen LogP contribution in [0.3, 0.4) is 0 Å². The van der Waals surface area contributed by atoms with Crippen molar-refractivity contribution in [3.8, 4) is 11.8 Å². The fourth-order valence-corrected chi connectivity index (χ4v) is 1.19. The Hall–Kier alpha value is -1.79. The van der Waals surface area contributed by atoms with Crippen LogP contribution < -0.4 is 4.89 Å². The van der Waals surface area contributed by atoms with Gasteiger partial charge in [-0.05, 0) is 23.8 Å². The molecule has 0 N–H and O–H groups in total. The molecule has 3 nitrogen and oxygen atoms in total. The highest BCUT2D eigenvalue weighted by Crippen LogP contribution is 2.26. The Labute approximate surface area is 75.7 Å². The van der Waals surface area contributed by atoms with Crippen molar-refractivity contribution in [3.05, 3.63) is 35.4 Å². The van der Waals surface area contributed by atoms with Crippen LogP contribution >= 0.6 is 0 Å². The molecule has 13 heavy (non-hydrogen) atoms. The summed E-state index contributed by atoms with van der Waals surface area (Å²) in [6, 6.07) is 7.59. The molecule has 1 aromatic rings. The zero-order valence-electron chi connectivity index (χ0n) is 6.86. The number of fused-ring (bicyclic) bond motifs is 1. The topological polar surface area (TPSA) is 42.2 Å². The number of hydrogen-bond acceptors (Lipinski definition) is 3. The minimum Gasteiger partial charge on any atom is -0.337 e. The molecule has 0 aromatic heterocycles. The molecule has 0 aliphatic carbocycles. The molecule has 1 aliphatic heterocycles. The summed E-state index contributed by atoms with van der Waals surface area (Å²) < 4.78 is 0. The monoisotopic (exact) mass is 173 g/mol. The van der Waals surface area contributed by atoms with Crippen LogP contribution in [0.4, 0.5) is 0 Å². The van der Waals surface area contributed by atoms with E-state index in [1.165, 1.54) is 6.08 Å². The van der Waals surface area contributed by atoms with E-state index in [0.29, 0.717) is 6.61 Å². The van der Waals surface area contributed by atoms with Crippen molar-refractivity contribution in [1.82, 2.24) is 0 Å². The Bertz CT molecular complexity index is 390. The number of benzene rings is 1. The maximum absolute atomic E-state index is 8.33. The predicted molar refractivity (Wildman–Crippen MR) is 46.5 cm³/mol. The van der Waals surface area contributed by atoms with Gasteiger partial charge in [-0.25, -0.2) is 0 Å². The average molecular weight is 173 g/mol. The van der Waals surface area contributed by atoms with E-state index >= 15 is 0 Å². The van der Waals surface area contributed by atoms with Crippen LogP contribution in [0.15, 0.2) is 24.3 Å². The molecule has 0 saturated carbocycles. The summed E-state index contributed by atoms with van der Waals surface area (Å²) in [5.74, 6) is 0.758. The molecule has 2 rings (SSSR count). The van der Waals surface area contributed by atoms with Gasteiger partial charge in [-0.2, -0.15) is 10.1 Å². The second kappa shape index (κ2) is 3.30. The fourth-order valence-electron chi connectivity index (χ4n) is 1.19. The normalized spacial score (nSPS) is 13.8. The summed E-state index contributed by atoms with van der Waals surface area (Å²) in [7, 11) is 0. The zero-order valence-corrected chi connectivity index (χ0v) is 6.86. The number of rotatable bonds is 1. The molecule has 1 aliphatic rings. The standard InChI is InChI=1S/C10H7NO2/c11-5-1-2-8-3-4-10-9(6-8)7-12-13-10/h1-4,6H,7H2. The van der Waals surface area contributed by atoms with E-state index in [1.54, 1.807) is 6.08 Å². The summed E-state index contributed by atoms with van der Waals surface area (Å²) in [6.07, 6.45) is 3.19. The van der Waals surface area contributed by atoms with Crippen molar-refractivity contribution in [2.75, 3.05) is 0 Å². The van der Waals surface area contributed by atoms with Crippen molar-refractivity contribution in [1.29, 1.82) is 5.26 Å². The molecule has 3 heteroatoms. The van der Waals surface area contributed by atoms with Gasteiger partial charge in [0.25, 0.3) is 0 Å². The van der Waals surface area contributed by atoms with Gasteiger partial charge in [0.15, 0.2) is 5.75 Å². The van der Waals surface area contributed by atoms with E-state index in [2.05, 4.69) is 0 Å². The number of hydrogen-bond donors (Lipinski definition) is 0. The molecule has 1 heterocycles. The smallest absolute Gasteiger partial charge is 0.171 e. The lowest BCUT2D eigenvalue weighted by Crippen LogP contribution is -1.80. The van der Waals surface area contributed by atoms with Crippen LogP contribution in [-0.4, -0.2) is 0 Å². The fraction of sp³-hybridized carbons (Fsp3) is 0.100. The van der Waals surface area contributed by atoms with Gasteiger partial charge in [0, 0.05) is 11.6 Å². The maximum Gasteiger partial charge on any atom is 0.171 e. The van der Waals surface area contributed by atoms with Crippen LogP contribution in [0.2, 0.25) is 0 Å². The summed E-state index contributed by atoms with van der Waals surface area (Å²) in [4.78, 5) is 9.65. The molecule has 0 amide bonds. The molecule has 0 fully saturated rings. The summed E-state index contributed by atoms with van der Waals surface area (Å²) in [6.45, 7) is 0.476. The van der Waals surface area contributed by atoms with Gasteiger partial charge >= 0.3 is 0 Å². The molecular formula is C10H7NO2. The minimum atomic E-state index is 0.476. The Balaban J connectivity index is 2.32. The highest BCUT2D eigenvalue weighted by Gasteiger charge is 2.12. The van der Waals surface area contributed by atoms with E-state index in [1.807, 2.05) is 24.3 Å². The van der Waals surface area contributed by atoms with Crippen molar-refractivity contribution in [2.45, 2.75) is 6.61 Å². The van der Waals surface area contributed by atoms with Crippen LogP contribution in [0.1, 0.15) is 11.1 Å². The lowest BCUT2D eigenvalue weighted by Gasteiger charge is -1.95. The van der Waals surface area contributed by atoms with E-state index in [9.17, 15) is 0 Å². The van der Waals surface area contributed by atoms with Crippen molar-refractivity contribution in [3.63, 3.8) is 0 Å². The number of allylic oxidation sites excluding steroid dienone is 1. The van der Waals surface area contributed by atoms with Crippen molar-refractivity contribution in [2.24, 2.45) is 0 Å². The third kappa shape index (κ3) is 1.53. The van der Waals surface area contributed by atoms with E-state index < -0.39 is 0 Å². The largest absolute Gasteiger partial charge is 0.337 e. The molecule has 64 valence electrons. The van der Waals surface area contributed by atoms with Crippen LogP contribution in [0.5, 0.6) is 5.75 Å². The summed E-state index contributed by atoms with van der Waals surface area (Å²) >= 11 is 0. The molecule has 0 radical (unpaired) electrons. The van der Waals surface area contributed by atoms with Gasteiger partial charge in [0.2, 0.25) is 0 Å². The second-order valence-electron chi connectivity index (χ2n) is 2.68. The lowest BCUT2D eigenvalue weighted by atomic mass is 10.1. The first-order valence-electron chi connectivity index (χ1n) is 3.89. The van der Waals surface area contributed by atoms with Crippen LogP contribution in [-0.2, 0) is 11.5 Å². The molecule has 0 spiro atoms. The Morgan fingerprint density at radius 1 is 1.46 bits per heavy atom. The Morgan fingerprint density at radius 2 is 2.38 bits per heavy atom. The van der Waals surface area contributed by atoms with Crippen molar-refractivity contribution < 1.29 is 9.78 Å². The second-order valence-corrected chi connectivity index (χ2v) is 2.68. The molecular weight excluding hydrogens is 166 g/mol. The highest BCUT2D eigenvalue weighted by atomic mass is 17.2. The number of nitrogens with zero attached hydrogens (tertiary/aromatic N) is 1. The van der Waals surface area contributed by atoms with Crippen LogP contribution in [0, 0.1) is 11.3 Å². The average Bonchev–Trinajstić information content (AvgIpc) is 2.61. The quantitative estimate of drug-likeness (QED) is 0.482. The Kier molecular flexibility index (Phi) is 1.99. The first-order chi connectivity index (χ1) is 6.40. The predicted octanol–water partition coefficient (Wildman–Crippen LogP) is 2.05. The SMILES string of the molecule is N#CC=Cc1ccc2c(c1)COO2. The first-order valence-corrected chi connectivity index (χ1v) is 3.89. The molecule has 0 atom stereocenters.